The first-order chi connectivity index (χ1) is 15.9. The number of benzene rings is 3. The number of nitrogens with one attached hydrogen (secondary N) is 1. The van der Waals surface area contributed by atoms with E-state index in [1.807, 2.05) is 0 Å². The second-order valence-corrected chi connectivity index (χ2v) is 10.8. The van der Waals surface area contributed by atoms with E-state index < -0.39 is 39.9 Å². The standard InChI is InChI=1S/C22H16BrCl2F3N2O3S/c23-15-3-1-14(2-4-15)12-30(34(32,33)18-8-5-16(24)6-9-18)13-21(31)29-20-10-7-17(25)11-19(20)22(26,27)28/h1-11H,12-13H2,(H,29,31). The van der Waals surface area contributed by atoms with Crippen molar-refractivity contribution < 1.29 is 26.4 Å². The van der Waals surface area contributed by atoms with Crippen LogP contribution in [0.4, 0.5) is 18.9 Å². The van der Waals surface area contributed by atoms with Gasteiger partial charge in [-0.1, -0.05) is 51.3 Å². The molecule has 5 nitrogen and oxygen atoms in total. The molecule has 0 aliphatic heterocycles. The van der Waals surface area contributed by atoms with Crippen LogP contribution >= 0.6 is 39.1 Å². The Bertz CT molecular complexity index is 1290. The highest BCUT2D eigenvalue weighted by Crippen LogP contribution is 2.36. The molecule has 3 rings (SSSR count). The van der Waals surface area contributed by atoms with Crippen LogP contribution in [-0.2, 0) is 27.5 Å². The molecule has 0 atom stereocenters. The molecule has 0 bridgehead atoms. The number of sulfonamides is 1. The Morgan fingerprint density at radius 3 is 2.12 bits per heavy atom. The summed E-state index contributed by atoms with van der Waals surface area (Å²) in [7, 11) is -4.20. The highest BCUT2D eigenvalue weighted by molar-refractivity contribution is 9.10. The number of rotatable bonds is 7. The van der Waals surface area contributed by atoms with Gasteiger partial charge in [-0.3, -0.25) is 4.79 Å². The van der Waals surface area contributed by atoms with E-state index in [9.17, 15) is 26.4 Å². The number of carbonyl (C=O) groups is 1. The van der Waals surface area contributed by atoms with Crippen molar-refractivity contribution in [3.8, 4) is 0 Å². The summed E-state index contributed by atoms with van der Waals surface area (Å²) in [6.07, 6.45) is -4.78. The van der Waals surface area contributed by atoms with Crippen molar-refractivity contribution in [2.75, 3.05) is 11.9 Å². The lowest BCUT2D eigenvalue weighted by Gasteiger charge is -2.23. The van der Waals surface area contributed by atoms with E-state index >= 15 is 0 Å². The minimum absolute atomic E-state index is 0.121. The number of amides is 1. The number of anilines is 1. The molecule has 3 aromatic rings. The molecule has 180 valence electrons. The summed E-state index contributed by atoms with van der Waals surface area (Å²) in [5, 5.41) is 2.31. The lowest BCUT2D eigenvalue weighted by molar-refractivity contribution is -0.137. The van der Waals surface area contributed by atoms with Gasteiger partial charge in [-0.15, -0.1) is 0 Å². The van der Waals surface area contributed by atoms with Gasteiger partial charge >= 0.3 is 6.18 Å². The Morgan fingerprint density at radius 2 is 1.53 bits per heavy atom. The fourth-order valence-corrected chi connectivity index (χ4v) is 4.93. The summed E-state index contributed by atoms with van der Waals surface area (Å²) in [6.45, 7) is -0.931. The zero-order chi connectivity index (χ0) is 25.1. The van der Waals surface area contributed by atoms with E-state index in [1.165, 1.54) is 30.3 Å². The van der Waals surface area contributed by atoms with Crippen molar-refractivity contribution in [2.24, 2.45) is 0 Å². The van der Waals surface area contributed by atoms with Gasteiger partial charge in [-0.25, -0.2) is 8.42 Å². The van der Waals surface area contributed by atoms with Gasteiger partial charge in [0.15, 0.2) is 0 Å². The summed E-state index contributed by atoms with van der Waals surface area (Å²) in [5.74, 6) is -0.956. The van der Waals surface area contributed by atoms with Crippen LogP contribution in [0.25, 0.3) is 0 Å². The SMILES string of the molecule is O=C(CN(Cc1ccc(Br)cc1)S(=O)(=O)c1ccc(Cl)cc1)Nc1ccc(Cl)cc1C(F)(F)F. The Morgan fingerprint density at radius 1 is 0.941 bits per heavy atom. The van der Waals surface area contributed by atoms with Crippen molar-refractivity contribution >= 4 is 60.7 Å². The molecule has 1 amide bonds. The van der Waals surface area contributed by atoms with Crippen molar-refractivity contribution in [2.45, 2.75) is 17.6 Å². The van der Waals surface area contributed by atoms with Crippen molar-refractivity contribution in [1.29, 1.82) is 0 Å². The van der Waals surface area contributed by atoms with Gasteiger partial charge in [0.2, 0.25) is 15.9 Å². The molecule has 0 aromatic heterocycles. The summed E-state index contributed by atoms with van der Waals surface area (Å²) < 4.78 is 68.3. The fourth-order valence-electron chi connectivity index (χ4n) is 2.98. The van der Waals surface area contributed by atoms with Crippen LogP contribution in [0.1, 0.15) is 11.1 Å². The van der Waals surface area contributed by atoms with Crippen LogP contribution in [-0.4, -0.2) is 25.2 Å². The Labute approximate surface area is 212 Å². The lowest BCUT2D eigenvalue weighted by Crippen LogP contribution is -2.37. The van der Waals surface area contributed by atoms with Crippen molar-refractivity contribution in [3.05, 3.63) is 92.4 Å². The van der Waals surface area contributed by atoms with Crippen molar-refractivity contribution in [1.82, 2.24) is 4.31 Å². The number of alkyl halides is 3. The average molecular weight is 596 g/mol. The minimum Gasteiger partial charge on any atom is -0.324 e. The maximum absolute atomic E-state index is 13.4. The predicted molar refractivity (Wildman–Crippen MR) is 128 cm³/mol. The first-order valence-corrected chi connectivity index (χ1v) is 12.5. The van der Waals surface area contributed by atoms with Crippen LogP contribution < -0.4 is 5.32 Å². The number of carbonyl (C=O) groups excluding carboxylic acids is 1. The molecule has 0 unspecified atom stereocenters. The van der Waals surface area contributed by atoms with Gasteiger partial charge in [-0.2, -0.15) is 17.5 Å². The molecular weight excluding hydrogens is 580 g/mol. The van der Waals surface area contributed by atoms with Crippen LogP contribution in [0.5, 0.6) is 0 Å². The zero-order valence-corrected chi connectivity index (χ0v) is 21.0. The summed E-state index contributed by atoms with van der Waals surface area (Å²) >= 11 is 14.8. The molecule has 12 heteroatoms. The van der Waals surface area contributed by atoms with E-state index in [0.29, 0.717) is 16.7 Å². The smallest absolute Gasteiger partial charge is 0.324 e. The van der Waals surface area contributed by atoms with Gasteiger partial charge in [-0.05, 0) is 60.2 Å². The Hall–Kier alpha value is -2.11. The van der Waals surface area contributed by atoms with E-state index in [0.717, 1.165) is 14.8 Å². The third-order valence-electron chi connectivity index (χ3n) is 4.60. The summed E-state index contributed by atoms with van der Waals surface area (Å²) in [5.41, 5.74) is -1.11. The molecule has 0 saturated heterocycles. The largest absolute Gasteiger partial charge is 0.418 e. The maximum atomic E-state index is 13.4. The van der Waals surface area contributed by atoms with Crippen LogP contribution in [0.3, 0.4) is 0 Å². The molecule has 1 N–H and O–H groups in total. The third kappa shape index (κ3) is 6.73. The quantitative estimate of drug-likeness (QED) is 0.334. The summed E-state index contributed by atoms with van der Waals surface area (Å²) in [4.78, 5) is 12.6. The molecule has 34 heavy (non-hydrogen) atoms. The topological polar surface area (TPSA) is 66.5 Å². The second kappa shape index (κ2) is 10.7. The van der Waals surface area contributed by atoms with Gasteiger partial charge in [0, 0.05) is 21.1 Å². The van der Waals surface area contributed by atoms with E-state index in [2.05, 4.69) is 21.2 Å². The molecular formula is C22H16BrCl2F3N2O3S. The van der Waals surface area contributed by atoms with Crippen LogP contribution in [0.15, 0.2) is 76.1 Å². The van der Waals surface area contributed by atoms with Crippen LogP contribution in [0, 0.1) is 0 Å². The zero-order valence-electron chi connectivity index (χ0n) is 17.1. The highest BCUT2D eigenvalue weighted by atomic mass is 79.9. The lowest BCUT2D eigenvalue weighted by atomic mass is 10.1. The maximum Gasteiger partial charge on any atom is 0.418 e. The average Bonchev–Trinajstić information content (AvgIpc) is 2.75. The minimum atomic E-state index is -4.78. The van der Waals surface area contributed by atoms with Gasteiger partial charge in [0.05, 0.1) is 22.7 Å². The summed E-state index contributed by atoms with van der Waals surface area (Å²) in [6, 6.07) is 14.9. The van der Waals surface area contributed by atoms with Crippen LogP contribution in [0.2, 0.25) is 10.0 Å². The predicted octanol–water partition coefficient (Wildman–Crippen LogP) is 6.60. The number of halogens is 6. The molecule has 0 radical (unpaired) electrons. The van der Waals surface area contributed by atoms with E-state index in [1.54, 1.807) is 24.3 Å². The van der Waals surface area contributed by atoms with Gasteiger partial charge in [0.1, 0.15) is 0 Å². The Balaban J connectivity index is 1.92. The molecule has 0 heterocycles. The molecule has 3 aromatic carbocycles. The molecule has 0 aliphatic carbocycles. The number of hydrogen-bond donors (Lipinski definition) is 1. The molecule has 0 aliphatic rings. The molecule has 0 spiro atoms. The number of hydrogen-bond acceptors (Lipinski definition) is 3. The highest BCUT2D eigenvalue weighted by Gasteiger charge is 2.35. The third-order valence-corrected chi connectivity index (χ3v) is 7.43. The Kier molecular flexibility index (Phi) is 8.30. The van der Waals surface area contributed by atoms with Crippen molar-refractivity contribution in [3.63, 3.8) is 0 Å². The first kappa shape index (κ1) is 26.5. The van der Waals surface area contributed by atoms with E-state index in [4.69, 9.17) is 23.2 Å². The monoisotopic (exact) mass is 594 g/mol. The molecule has 0 saturated carbocycles. The van der Waals surface area contributed by atoms with Gasteiger partial charge in [0.25, 0.3) is 0 Å². The second-order valence-electron chi connectivity index (χ2n) is 7.09. The fraction of sp³-hybridized carbons (Fsp3) is 0.136. The van der Waals surface area contributed by atoms with Gasteiger partial charge < -0.3 is 5.32 Å². The van der Waals surface area contributed by atoms with E-state index in [-0.39, 0.29) is 16.5 Å². The molecule has 0 fully saturated rings. The number of nitrogens with zero attached hydrogens (tertiary/aromatic N) is 1. The first-order valence-electron chi connectivity index (χ1n) is 9.53. The normalized spacial score (nSPS) is 12.1.